The third-order valence-corrected chi connectivity index (χ3v) is 6.28. The Hall–Kier alpha value is -1.56. The number of hydrogen-bond donors (Lipinski definition) is 0. The van der Waals surface area contributed by atoms with Gasteiger partial charge in [-0.05, 0) is 50.7 Å². The molecule has 1 saturated heterocycles. The zero-order chi connectivity index (χ0) is 19.2. The standard InChI is InChI=1S/C20H20Cl2O5/c1-12(23)26-17-16(14-4-3-13(21)11-15(14)22)18(24)27-20(17)8-6-19(7-9-20)5-2-10-25-19/h3-4,11H,2,5-10H2,1H3. The second kappa shape index (κ2) is 6.80. The zero-order valence-electron chi connectivity index (χ0n) is 15.0. The topological polar surface area (TPSA) is 61.8 Å². The maximum absolute atomic E-state index is 12.8. The van der Waals surface area contributed by atoms with Crippen LogP contribution in [0.25, 0.3) is 5.57 Å². The van der Waals surface area contributed by atoms with Crippen molar-refractivity contribution in [2.24, 2.45) is 0 Å². The number of carbonyl (C=O) groups is 2. The molecule has 1 aromatic carbocycles. The van der Waals surface area contributed by atoms with Crippen molar-refractivity contribution in [2.75, 3.05) is 6.61 Å². The van der Waals surface area contributed by atoms with Crippen molar-refractivity contribution in [3.63, 3.8) is 0 Å². The summed E-state index contributed by atoms with van der Waals surface area (Å²) in [6.07, 6.45) is 4.68. The Labute approximate surface area is 167 Å². The number of rotatable bonds is 2. The highest BCUT2D eigenvalue weighted by molar-refractivity contribution is 6.37. The van der Waals surface area contributed by atoms with Crippen LogP contribution < -0.4 is 0 Å². The van der Waals surface area contributed by atoms with Crippen molar-refractivity contribution in [3.05, 3.63) is 39.6 Å². The number of hydrogen-bond acceptors (Lipinski definition) is 5. The van der Waals surface area contributed by atoms with Crippen LogP contribution in [0, 0.1) is 0 Å². The predicted octanol–water partition coefficient (Wildman–Crippen LogP) is 4.69. The summed E-state index contributed by atoms with van der Waals surface area (Å²) in [5.41, 5.74) is -0.426. The van der Waals surface area contributed by atoms with E-state index in [9.17, 15) is 9.59 Å². The fourth-order valence-electron chi connectivity index (χ4n) is 4.40. The van der Waals surface area contributed by atoms with E-state index in [1.807, 2.05) is 0 Å². The molecule has 1 aliphatic carbocycles. The molecule has 7 heteroatoms. The van der Waals surface area contributed by atoms with Crippen LogP contribution in [-0.4, -0.2) is 29.7 Å². The smallest absolute Gasteiger partial charge is 0.343 e. The quantitative estimate of drug-likeness (QED) is 0.661. The van der Waals surface area contributed by atoms with Crippen LogP contribution in [0.5, 0.6) is 0 Å². The maximum atomic E-state index is 12.8. The van der Waals surface area contributed by atoms with Gasteiger partial charge in [0.05, 0.1) is 10.6 Å². The van der Waals surface area contributed by atoms with Crippen LogP contribution >= 0.6 is 23.2 Å². The molecule has 0 atom stereocenters. The molecule has 0 N–H and O–H groups in total. The van der Waals surface area contributed by atoms with Crippen LogP contribution in [0.15, 0.2) is 24.0 Å². The van der Waals surface area contributed by atoms with Gasteiger partial charge in [0.2, 0.25) is 0 Å². The Morgan fingerprint density at radius 3 is 2.48 bits per heavy atom. The van der Waals surface area contributed by atoms with E-state index in [0.29, 0.717) is 28.5 Å². The van der Waals surface area contributed by atoms with Crippen molar-refractivity contribution in [2.45, 2.75) is 56.7 Å². The molecule has 1 aromatic rings. The molecule has 0 radical (unpaired) electrons. The highest BCUT2D eigenvalue weighted by Crippen LogP contribution is 2.52. The first-order valence-electron chi connectivity index (χ1n) is 9.10. The number of ether oxygens (including phenoxy) is 3. The summed E-state index contributed by atoms with van der Waals surface area (Å²) in [7, 11) is 0. The van der Waals surface area contributed by atoms with Crippen molar-refractivity contribution < 1.29 is 23.8 Å². The lowest BCUT2D eigenvalue weighted by Gasteiger charge is -2.41. The summed E-state index contributed by atoms with van der Waals surface area (Å²) >= 11 is 12.3. The van der Waals surface area contributed by atoms with E-state index < -0.39 is 17.5 Å². The Morgan fingerprint density at radius 2 is 1.89 bits per heavy atom. The Balaban J connectivity index is 1.76. The molecule has 0 bridgehead atoms. The Morgan fingerprint density at radius 1 is 1.15 bits per heavy atom. The first-order valence-corrected chi connectivity index (χ1v) is 9.86. The van der Waals surface area contributed by atoms with Crippen molar-refractivity contribution in [1.82, 2.24) is 0 Å². The molecule has 144 valence electrons. The predicted molar refractivity (Wildman–Crippen MR) is 100 cm³/mol. The molecular formula is C20H20Cl2O5. The van der Waals surface area contributed by atoms with Crippen molar-refractivity contribution >= 4 is 40.7 Å². The molecule has 0 aromatic heterocycles. The van der Waals surface area contributed by atoms with Crippen LogP contribution in [0.2, 0.25) is 10.0 Å². The minimum Gasteiger partial charge on any atom is -0.447 e. The van der Waals surface area contributed by atoms with Gasteiger partial charge in [0.15, 0.2) is 11.4 Å². The van der Waals surface area contributed by atoms with E-state index in [1.54, 1.807) is 18.2 Å². The number of esters is 2. The van der Waals surface area contributed by atoms with E-state index in [1.165, 1.54) is 6.92 Å². The summed E-state index contributed by atoms with van der Waals surface area (Å²) in [6, 6.07) is 4.84. The average molecular weight is 411 g/mol. The van der Waals surface area contributed by atoms with Gasteiger partial charge in [0.1, 0.15) is 5.57 Å². The summed E-state index contributed by atoms with van der Waals surface area (Å²) in [6.45, 7) is 2.08. The molecule has 2 fully saturated rings. The van der Waals surface area contributed by atoms with Crippen molar-refractivity contribution in [1.29, 1.82) is 0 Å². The second-order valence-electron chi connectivity index (χ2n) is 7.44. The molecule has 5 nitrogen and oxygen atoms in total. The van der Waals surface area contributed by atoms with E-state index in [2.05, 4.69) is 0 Å². The van der Waals surface area contributed by atoms with Crippen LogP contribution in [0.4, 0.5) is 0 Å². The van der Waals surface area contributed by atoms with E-state index >= 15 is 0 Å². The zero-order valence-corrected chi connectivity index (χ0v) is 16.5. The third-order valence-electron chi connectivity index (χ3n) is 5.73. The molecule has 1 saturated carbocycles. The van der Waals surface area contributed by atoms with Gasteiger partial charge in [0, 0.05) is 24.1 Å². The minimum absolute atomic E-state index is 0.139. The van der Waals surface area contributed by atoms with Gasteiger partial charge in [-0.3, -0.25) is 4.79 Å². The van der Waals surface area contributed by atoms with Crippen LogP contribution in [0.1, 0.15) is 51.0 Å². The SMILES string of the molecule is CC(=O)OC1=C(c2ccc(Cl)cc2Cl)C(=O)OC12CCC1(CCCO1)CC2. The lowest BCUT2D eigenvalue weighted by Crippen LogP contribution is -2.44. The minimum atomic E-state index is -0.946. The molecule has 2 spiro atoms. The first-order chi connectivity index (χ1) is 12.8. The van der Waals surface area contributed by atoms with Gasteiger partial charge < -0.3 is 14.2 Å². The third kappa shape index (κ3) is 3.26. The fourth-order valence-corrected chi connectivity index (χ4v) is 4.90. The summed E-state index contributed by atoms with van der Waals surface area (Å²) in [4.78, 5) is 24.6. The molecule has 27 heavy (non-hydrogen) atoms. The summed E-state index contributed by atoms with van der Waals surface area (Å²) < 4.78 is 17.3. The summed E-state index contributed by atoms with van der Waals surface area (Å²) in [5, 5.41) is 0.764. The number of benzene rings is 1. The largest absolute Gasteiger partial charge is 0.447 e. The fraction of sp³-hybridized carbons (Fsp3) is 0.500. The summed E-state index contributed by atoms with van der Waals surface area (Å²) in [5.74, 6) is -0.765. The number of carbonyl (C=O) groups excluding carboxylic acids is 2. The first kappa shape index (κ1) is 18.8. The highest BCUT2D eigenvalue weighted by atomic mass is 35.5. The molecule has 0 amide bonds. The normalized spacial score (nSPS) is 30.3. The molecule has 3 aliphatic rings. The van der Waals surface area contributed by atoms with Crippen LogP contribution in [0.3, 0.4) is 0 Å². The van der Waals surface area contributed by atoms with Gasteiger partial charge in [-0.25, -0.2) is 4.79 Å². The highest BCUT2D eigenvalue weighted by Gasteiger charge is 2.55. The Bertz CT molecular complexity index is 829. The molecule has 4 rings (SSSR count). The monoisotopic (exact) mass is 410 g/mol. The second-order valence-corrected chi connectivity index (χ2v) is 8.28. The van der Waals surface area contributed by atoms with E-state index in [-0.39, 0.29) is 16.9 Å². The molecular weight excluding hydrogens is 391 g/mol. The molecule has 0 unspecified atom stereocenters. The average Bonchev–Trinajstić information content (AvgIpc) is 3.16. The molecule has 2 heterocycles. The lowest BCUT2D eigenvalue weighted by molar-refractivity contribution is -0.161. The van der Waals surface area contributed by atoms with E-state index in [4.69, 9.17) is 37.4 Å². The van der Waals surface area contributed by atoms with Crippen LogP contribution in [-0.2, 0) is 23.8 Å². The van der Waals surface area contributed by atoms with Gasteiger partial charge in [0.25, 0.3) is 0 Å². The Kier molecular flexibility index (Phi) is 4.73. The van der Waals surface area contributed by atoms with Gasteiger partial charge in [-0.1, -0.05) is 29.3 Å². The van der Waals surface area contributed by atoms with E-state index in [0.717, 1.165) is 32.3 Å². The van der Waals surface area contributed by atoms with Gasteiger partial charge in [-0.2, -0.15) is 0 Å². The number of halogens is 2. The maximum Gasteiger partial charge on any atom is 0.343 e. The lowest BCUT2D eigenvalue weighted by atomic mass is 9.73. The molecule has 2 aliphatic heterocycles. The van der Waals surface area contributed by atoms with Gasteiger partial charge >= 0.3 is 11.9 Å². The van der Waals surface area contributed by atoms with Gasteiger partial charge in [-0.15, -0.1) is 0 Å². The van der Waals surface area contributed by atoms with Crippen molar-refractivity contribution in [3.8, 4) is 0 Å².